The molecule has 0 spiro atoms. The maximum absolute atomic E-state index is 13.2. The van der Waals surface area contributed by atoms with Crippen LogP contribution in [0.2, 0.25) is 0 Å². The van der Waals surface area contributed by atoms with Crippen LogP contribution in [0.25, 0.3) is 0 Å². The van der Waals surface area contributed by atoms with E-state index in [1.54, 1.807) is 12.1 Å². The molecular weight excluding hydrogens is 237 g/mol. The first kappa shape index (κ1) is 12.0. The van der Waals surface area contributed by atoms with Gasteiger partial charge in [-0.25, -0.2) is 4.39 Å². The highest BCUT2D eigenvalue weighted by molar-refractivity contribution is 7.15. The molecule has 0 fully saturated rings. The minimum absolute atomic E-state index is 0.0676. The van der Waals surface area contributed by atoms with Crippen molar-refractivity contribution in [1.82, 2.24) is 10.2 Å². The molecule has 0 amide bonds. The Kier molecular flexibility index (Phi) is 3.68. The number of hydrogen-bond donors (Lipinski definition) is 1. The number of hydrogen-bond acceptors (Lipinski definition) is 4. The van der Waals surface area contributed by atoms with Crippen LogP contribution in [0.1, 0.15) is 30.0 Å². The first-order chi connectivity index (χ1) is 8.19. The van der Waals surface area contributed by atoms with Gasteiger partial charge in [0.15, 0.2) is 0 Å². The minimum atomic E-state index is -0.212. The van der Waals surface area contributed by atoms with E-state index in [4.69, 9.17) is 0 Å². The molecule has 1 atom stereocenters. The molecule has 3 nitrogen and oxygen atoms in total. The first-order valence-electron chi connectivity index (χ1n) is 5.51. The summed E-state index contributed by atoms with van der Waals surface area (Å²) in [4.78, 5) is 0. The summed E-state index contributed by atoms with van der Waals surface area (Å²) in [7, 11) is 0. The molecule has 0 bridgehead atoms. The number of nitrogens with zero attached hydrogens (tertiary/aromatic N) is 2. The lowest BCUT2D eigenvalue weighted by Gasteiger charge is -2.16. The number of halogens is 1. The van der Waals surface area contributed by atoms with Gasteiger partial charge in [-0.3, -0.25) is 0 Å². The van der Waals surface area contributed by atoms with Crippen LogP contribution in [0.4, 0.5) is 9.52 Å². The Morgan fingerprint density at radius 1 is 1.41 bits per heavy atom. The third-order valence-corrected chi connectivity index (χ3v) is 3.25. The number of anilines is 1. The summed E-state index contributed by atoms with van der Waals surface area (Å²) in [5, 5.41) is 12.9. The summed E-state index contributed by atoms with van der Waals surface area (Å²) in [5.74, 6) is -0.212. The SMILES string of the molecule is CCC(Nc1nnc(C)s1)c1cccc(F)c1. The zero-order valence-electron chi connectivity index (χ0n) is 9.77. The van der Waals surface area contributed by atoms with Crippen LogP contribution >= 0.6 is 11.3 Å². The predicted octanol–water partition coefficient (Wildman–Crippen LogP) is 3.55. The molecule has 1 aromatic carbocycles. The first-order valence-corrected chi connectivity index (χ1v) is 6.33. The fourth-order valence-corrected chi connectivity index (χ4v) is 2.29. The van der Waals surface area contributed by atoms with Gasteiger partial charge in [-0.1, -0.05) is 30.4 Å². The van der Waals surface area contributed by atoms with Crippen LogP contribution in [0.15, 0.2) is 24.3 Å². The van der Waals surface area contributed by atoms with Gasteiger partial charge < -0.3 is 5.32 Å². The Morgan fingerprint density at radius 3 is 2.82 bits per heavy atom. The van der Waals surface area contributed by atoms with E-state index >= 15 is 0 Å². The Hall–Kier alpha value is -1.49. The quantitative estimate of drug-likeness (QED) is 0.903. The lowest BCUT2D eigenvalue weighted by molar-refractivity contribution is 0.620. The molecule has 0 radical (unpaired) electrons. The Morgan fingerprint density at radius 2 is 2.24 bits per heavy atom. The lowest BCUT2D eigenvalue weighted by atomic mass is 10.1. The van der Waals surface area contributed by atoms with Crippen molar-refractivity contribution in [2.45, 2.75) is 26.3 Å². The van der Waals surface area contributed by atoms with Gasteiger partial charge in [0.25, 0.3) is 0 Å². The van der Waals surface area contributed by atoms with E-state index in [1.165, 1.54) is 17.4 Å². The average molecular weight is 251 g/mol. The average Bonchev–Trinajstić information content (AvgIpc) is 2.72. The van der Waals surface area contributed by atoms with Crippen molar-refractivity contribution in [3.05, 3.63) is 40.7 Å². The molecule has 0 aliphatic rings. The molecule has 1 unspecified atom stereocenters. The summed E-state index contributed by atoms with van der Waals surface area (Å²) in [6, 6.07) is 6.71. The monoisotopic (exact) mass is 251 g/mol. The van der Waals surface area contributed by atoms with E-state index in [0.29, 0.717) is 0 Å². The topological polar surface area (TPSA) is 37.8 Å². The van der Waals surface area contributed by atoms with Crippen molar-refractivity contribution in [3.8, 4) is 0 Å². The summed E-state index contributed by atoms with van der Waals surface area (Å²) in [6.45, 7) is 3.96. The fourth-order valence-electron chi connectivity index (χ4n) is 1.65. The van der Waals surface area contributed by atoms with Gasteiger partial charge in [0.05, 0.1) is 6.04 Å². The normalized spacial score (nSPS) is 12.4. The maximum Gasteiger partial charge on any atom is 0.206 e. The summed E-state index contributed by atoms with van der Waals surface area (Å²) in [6.07, 6.45) is 0.863. The van der Waals surface area contributed by atoms with Crippen molar-refractivity contribution < 1.29 is 4.39 Å². The molecule has 1 aromatic heterocycles. The fraction of sp³-hybridized carbons (Fsp3) is 0.333. The van der Waals surface area contributed by atoms with E-state index in [9.17, 15) is 4.39 Å². The van der Waals surface area contributed by atoms with Crippen LogP contribution in [0, 0.1) is 12.7 Å². The number of aryl methyl sites for hydroxylation is 1. The largest absolute Gasteiger partial charge is 0.353 e. The van der Waals surface area contributed by atoms with Gasteiger partial charge >= 0.3 is 0 Å². The highest BCUT2D eigenvalue weighted by atomic mass is 32.1. The van der Waals surface area contributed by atoms with E-state index < -0.39 is 0 Å². The molecule has 1 heterocycles. The Bertz CT molecular complexity index is 498. The highest BCUT2D eigenvalue weighted by Crippen LogP contribution is 2.24. The smallest absolute Gasteiger partial charge is 0.206 e. The third-order valence-electron chi connectivity index (χ3n) is 2.48. The highest BCUT2D eigenvalue weighted by Gasteiger charge is 2.11. The molecule has 17 heavy (non-hydrogen) atoms. The number of nitrogens with one attached hydrogen (secondary N) is 1. The lowest BCUT2D eigenvalue weighted by Crippen LogP contribution is -2.09. The van der Waals surface area contributed by atoms with Gasteiger partial charge in [0.1, 0.15) is 10.8 Å². The Labute approximate surface area is 104 Å². The minimum Gasteiger partial charge on any atom is -0.353 e. The van der Waals surface area contributed by atoms with Crippen molar-refractivity contribution in [1.29, 1.82) is 0 Å². The second-order valence-electron chi connectivity index (χ2n) is 3.79. The van der Waals surface area contributed by atoms with Gasteiger partial charge in [0.2, 0.25) is 5.13 Å². The second-order valence-corrected chi connectivity index (χ2v) is 4.97. The number of aromatic nitrogens is 2. The van der Waals surface area contributed by atoms with Gasteiger partial charge in [0, 0.05) is 0 Å². The molecule has 1 N–H and O–H groups in total. The van der Waals surface area contributed by atoms with E-state index in [-0.39, 0.29) is 11.9 Å². The van der Waals surface area contributed by atoms with Crippen LogP contribution in [0.5, 0.6) is 0 Å². The van der Waals surface area contributed by atoms with Gasteiger partial charge in [-0.2, -0.15) is 0 Å². The van der Waals surface area contributed by atoms with Crippen LogP contribution < -0.4 is 5.32 Å². The van der Waals surface area contributed by atoms with E-state index in [2.05, 4.69) is 22.4 Å². The molecular formula is C12H14FN3S. The number of rotatable bonds is 4. The van der Waals surface area contributed by atoms with E-state index in [0.717, 1.165) is 22.1 Å². The predicted molar refractivity (Wildman–Crippen MR) is 67.7 cm³/mol. The molecule has 5 heteroatoms. The molecule has 0 aliphatic carbocycles. The zero-order chi connectivity index (χ0) is 12.3. The van der Waals surface area contributed by atoms with Gasteiger partial charge in [-0.05, 0) is 31.0 Å². The summed E-state index contributed by atoms with van der Waals surface area (Å²) >= 11 is 1.50. The Balaban J connectivity index is 2.16. The van der Waals surface area contributed by atoms with Crippen LogP contribution in [-0.2, 0) is 0 Å². The summed E-state index contributed by atoms with van der Waals surface area (Å²) in [5.41, 5.74) is 0.931. The molecule has 2 aromatic rings. The molecule has 0 saturated carbocycles. The second kappa shape index (κ2) is 5.23. The van der Waals surface area contributed by atoms with E-state index in [1.807, 2.05) is 13.0 Å². The maximum atomic E-state index is 13.2. The molecule has 0 saturated heterocycles. The van der Waals surface area contributed by atoms with Crippen LogP contribution in [-0.4, -0.2) is 10.2 Å². The van der Waals surface area contributed by atoms with Crippen molar-refractivity contribution in [3.63, 3.8) is 0 Å². The van der Waals surface area contributed by atoms with Crippen molar-refractivity contribution in [2.24, 2.45) is 0 Å². The molecule has 0 aliphatic heterocycles. The standard InChI is InChI=1S/C12H14FN3S/c1-3-11(9-5-4-6-10(13)7-9)14-12-16-15-8(2)17-12/h4-7,11H,3H2,1-2H3,(H,14,16). The molecule has 2 rings (SSSR count). The number of benzene rings is 1. The molecule has 90 valence electrons. The van der Waals surface area contributed by atoms with Crippen molar-refractivity contribution >= 4 is 16.5 Å². The third kappa shape index (κ3) is 3.00. The summed E-state index contributed by atoms with van der Waals surface area (Å²) < 4.78 is 13.2. The zero-order valence-corrected chi connectivity index (χ0v) is 10.6. The van der Waals surface area contributed by atoms with Crippen molar-refractivity contribution in [2.75, 3.05) is 5.32 Å². The van der Waals surface area contributed by atoms with Gasteiger partial charge in [-0.15, -0.1) is 10.2 Å². The van der Waals surface area contributed by atoms with Crippen LogP contribution in [0.3, 0.4) is 0 Å².